The summed E-state index contributed by atoms with van der Waals surface area (Å²) in [5.74, 6) is 0.361. The van der Waals surface area contributed by atoms with E-state index in [0.717, 1.165) is 28.1 Å². The third kappa shape index (κ3) is 4.81. The summed E-state index contributed by atoms with van der Waals surface area (Å²) in [5.41, 5.74) is 6.46. The fourth-order valence-corrected chi connectivity index (χ4v) is 4.26. The highest BCUT2D eigenvalue weighted by Gasteiger charge is 2.29. The summed E-state index contributed by atoms with van der Waals surface area (Å²) in [6.45, 7) is 1.96. The molecule has 0 radical (unpaired) electrons. The molecule has 0 saturated carbocycles. The van der Waals surface area contributed by atoms with Gasteiger partial charge in [-0.25, -0.2) is 5.43 Å². The Morgan fingerprint density at radius 2 is 1.81 bits per heavy atom. The molecule has 0 saturated heterocycles. The van der Waals surface area contributed by atoms with Crippen LogP contribution in [-0.2, 0) is 9.59 Å². The van der Waals surface area contributed by atoms with Crippen LogP contribution in [0.5, 0.6) is 17.2 Å². The highest BCUT2D eigenvalue weighted by Crippen LogP contribution is 2.42. The molecule has 0 aromatic heterocycles. The molecule has 9 heteroatoms. The average molecular weight is 487 g/mol. The first kappa shape index (κ1) is 23.2. The summed E-state index contributed by atoms with van der Waals surface area (Å²) in [6, 6.07) is 20.4. The zero-order valence-corrected chi connectivity index (χ0v) is 19.9. The quantitative estimate of drug-likeness (QED) is 0.375. The van der Waals surface area contributed by atoms with Crippen LogP contribution in [0.3, 0.4) is 0 Å². The lowest BCUT2D eigenvalue weighted by Crippen LogP contribution is -2.39. The molecule has 3 aromatic rings. The minimum absolute atomic E-state index is 0.139. The number of hydrazone groups is 1. The summed E-state index contributed by atoms with van der Waals surface area (Å²) in [6.07, 6.45) is 0.460. The van der Waals surface area contributed by atoms with E-state index in [1.54, 1.807) is 7.11 Å². The highest BCUT2D eigenvalue weighted by atomic mass is 16.7. The lowest BCUT2D eigenvalue weighted by Gasteiger charge is -2.29. The first-order valence-electron chi connectivity index (χ1n) is 11.6. The van der Waals surface area contributed by atoms with E-state index in [2.05, 4.69) is 21.2 Å². The number of hydrogen-bond acceptors (Lipinski definition) is 7. The lowest BCUT2D eigenvalue weighted by atomic mass is 9.91. The van der Waals surface area contributed by atoms with Gasteiger partial charge in [0, 0.05) is 23.7 Å². The molecule has 5 rings (SSSR count). The Morgan fingerprint density at radius 3 is 2.58 bits per heavy atom. The monoisotopic (exact) mass is 486 g/mol. The Bertz CT molecular complexity index is 1320. The Morgan fingerprint density at radius 1 is 1.03 bits per heavy atom. The number of amides is 2. The minimum Gasteiger partial charge on any atom is -0.497 e. The van der Waals surface area contributed by atoms with Crippen LogP contribution >= 0.6 is 0 Å². The van der Waals surface area contributed by atoms with Gasteiger partial charge in [-0.3, -0.25) is 9.59 Å². The van der Waals surface area contributed by atoms with Crippen LogP contribution in [0.25, 0.3) is 0 Å². The molecule has 2 amide bonds. The fourth-order valence-electron chi connectivity index (χ4n) is 4.26. The third-order valence-electron chi connectivity index (χ3n) is 6.19. The normalized spacial score (nSPS) is 17.5. The molecule has 2 heterocycles. The van der Waals surface area contributed by atoms with Crippen molar-refractivity contribution in [3.8, 4) is 17.2 Å². The zero-order valence-electron chi connectivity index (χ0n) is 19.9. The molecule has 2 aliphatic heterocycles. The number of ether oxygens (including phenoxy) is 3. The molecule has 0 fully saturated rings. The van der Waals surface area contributed by atoms with Crippen LogP contribution in [0.2, 0.25) is 0 Å². The molecule has 0 bridgehead atoms. The molecule has 184 valence electrons. The molecule has 36 heavy (non-hydrogen) atoms. The molecular weight excluding hydrogens is 460 g/mol. The maximum atomic E-state index is 12.6. The van der Waals surface area contributed by atoms with Crippen LogP contribution in [0.15, 0.2) is 71.8 Å². The molecule has 0 unspecified atom stereocenters. The van der Waals surface area contributed by atoms with E-state index < -0.39 is 11.8 Å². The number of hydrogen-bond donors (Lipinski definition) is 3. The minimum atomic E-state index is -0.843. The van der Waals surface area contributed by atoms with Gasteiger partial charge in [-0.15, -0.1) is 0 Å². The SMILES string of the molecule is COc1cccc([C@@H]2CC(=NNC(=O)C(=O)N[C@@H](C)c3ccccc3)c3cc4c(cc3N2)OCO4)c1. The van der Waals surface area contributed by atoms with Gasteiger partial charge in [0.25, 0.3) is 0 Å². The number of anilines is 1. The second kappa shape index (κ2) is 9.99. The van der Waals surface area contributed by atoms with Crippen molar-refractivity contribution in [3.63, 3.8) is 0 Å². The average Bonchev–Trinajstić information content (AvgIpc) is 3.38. The van der Waals surface area contributed by atoms with E-state index in [4.69, 9.17) is 14.2 Å². The fraction of sp³-hybridized carbons (Fsp3) is 0.222. The van der Waals surface area contributed by atoms with E-state index in [0.29, 0.717) is 23.6 Å². The van der Waals surface area contributed by atoms with Crippen molar-refractivity contribution < 1.29 is 23.8 Å². The van der Waals surface area contributed by atoms with Crippen molar-refractivity contribution in [2.75, 3.05) is 19.2 Å². The Hall–Kier alpha value is -4.53. The highest BCUT2D eigenvalue weighted by molar-refractivity contribution is 6.35. The first-order chi connectivity index (χ1) is 17.5. The maximum Gasteiger partial charge on any atom is 0.329 e. The first-order valence-corrected chi connectivity index (χ1v) is 11.6. The third-order valence-corrected chi connectivity index (χ3v) is 6.19. The van der Waals surface area contributed by atoms with E-state index in [9.17, 15) is 9.59 Å². The predicted octanol–water partition coefficient (Wildman–Crippen LogP) is 3.68. The number of rotatable bonds is 5. The largest absolute Gasteiger partial charge is 0.497 e. The molecule has 9 nitrogen and oxygen atoms in total. The van der Waals surface area contributed by atoms with Gasteiger partial charge >= 0.3 is 11.8 Å². The Labute approximate surface area is 208 Å². The van der Waals surface area contributed by atoms with Gasteiger partial charge in [-0.1, -0.05) is 42.5 Å². The van der Waals surface area contributed by atoms with Crippen molar-refractivity contribution in [2.24, 2.45) is 5.10 Å². The second-order valence-corrected chi connectivity index (χ2v) is 8.53. The number of benzene rings is 3. The maximum absolute atomic E-state index is 12.6. The van der Waals surface area contributed by atoms with Crippen molar-refractivity contribution in [1.82, 2.24) is 10.7 Å². The van der Waals surface area contributed by atoms with E-state index >= 15 is 0 Å². The summed E-state index contributed by atoms with van der Waals surface area (Å²) in [5, 5.41) is 10.6. The summed E-state index contributed by atoms with van der Waals surface area (Å²) < 4.78 is 16.4. The van der Waals surface area contributed by atoms with Gasteiger partial charge in [-0.05, 0) is 36.2 Å². The Kier molecular flexibility index (Phi) is 6.44. The summed E-state index contributed by atoms with van der Waals surface area (Å²) in [4.78, 5) is 25.1. The number of carbonyl (C=O) groups excluding carboxylic acids is 2. The van der Waals surface area contributed by atoms with Crippen LogP contribution < -0.4 is 30.3 Å². The van der Waals surface area contributed by atoms with E-state index in [1.165, 1.54) is 0 Å². The second-order valence-electron chi connectivity index (χ2n) is 8.53. The van der Waals surface area contributed by atoms with Crippen molar-refractivity contribution in [1.29, 1.82) is 0 Å². The number of carbonyl (C=O) groups is 2. The van der Waals surface area contributed by atoms with Gasteiger partial charge in [0.2, 0.25) is 6.79 Å². The Balaban J connectivity index is 1.38. The van der Waals surface area contributed by atoms with Crippen LogP contribution in [-0.4, -0.2) is 31.4 Å². The number of methoxy groups -OCH3 is 1. The molecule has 0 spiro atoms. The van der Waals surface area contributed by atoms with Crippen molar-refractivity contribution in [3.05, 3.63) is 83.4 Å². The number of nitrogens with one attached hydrogen (secondary N) is 3. The molecule has 3 N–H and O–H groups in total. The van der Waals surface area contributed by atoms with E-state index in [1.807, 2.05) is 73.7 Å². The van der Waals surface area contributed by atoms with E-state index in [-0.39, 0.29) is 18.9 Å². The van der Waals surface area contributed by atoms with Gasteiger partial charge in [0.15, 0.2) is 11.5 Å². The van der Waals surface area contributed by atoms with Gasteiger partial charge in [-0.2, -0.15) is 5.10 Å². The smallest absolute Gasteiger partial charge is 0.329 e. The molecular formula is C27H26N4O5. The van der Waals surface area contributed by atoms with Gasteiger partial charge in [0.1, 0.15) is 5.75 Å². The van der Waals surface area contributed by atoms with Crippen molar-refractivity contribution >= 4 is 23.2 Å². The molecule has 0 aliphatic carbocycles. The van der Waals surface area contributed by atoms with Crippen LogP contribution in [0.1, 0.15) is 42.1 Å². The molecule has 2 atom stereocenters. The van der Waals surface area contributed by atoms with Gasteiger partial charge in [0.05, 0.1) is 24.9 Å². The summed E-state index contributed by atoms with van der Waals surface area (Å²) in [7, 11) is 1.62. The van der Waals surface area contributed by atoms with Crippen molar-refractivity contribution in [2.45, 2.75) is 25.4 Å². The lowest BCUT2D eigenvalue weighted by molar-refractivity contribution is -0.139. The topological polar surface area (TPSA) is 110 Å². The standard InChI is InChI=1S/C27H26N4O5/c1-16(17-7-4-3-5-8-17)28-26(32)27(33)31-30-23-13-21(18-9-6-10-19(11-18)34-2)29-22-14-25-24(12-20(22)23)35-15-36-25/h3-12,14,16,21,29H,13,15H2,1-2H3,(H,28,32)(H,31,33)/t16-,21-/m0/s1. The molecule has 3 aromatic carbocycles. The zero-order chi connectivity index (χ0) is 25.1. The van der Waals surface area contributed by atoms with Gasteiger partial charge < -0.3 is 24.8 Å². The van der Waals surface area contributed by atoms with Crippen LogP contribution in [0, 0.1) is 0 Å². The molecule has 2 aliphatic rings. The number of fused-ring (bicyclic) bond motifs is 2. The summed E-state index contributed by atoms with van der Waals surface area (Å²) >= 11 is 0. The number of nitrogens with zero attached hydrogens (tertiary/aromatic N) is 1. The van der Waals surface area contributed by atoms with Crippen LogP contribution in [0.4, 0.5) is 5.69 Å². The predicted molar refractivity (Wildman–Crippen MR) is 134 cm³/mol.